The molecule has 0 bridgehead atoms. The Morgan fingerprint density at radius 3 is 2.74 bits per heavy atom. The van der Waals surface area contributed by atoms with E-state index in [0.29, 0.717) is 5.82 Å². The van der Waals surface area contributed by atoms with Crippen LogP contribution in [0, 0.1) is 0 Å². The summed E-state index contributed by atoms with van der Waals surface area (Å²) in [4.78, 5) is 31.9. The minimum atomic E-state index is -1.17. The van der Waals surface area contributed by atoms with Gasteiger partial charge in [0.1, 0.15) is 23.5 Å². The highest BCUT2D eigenvalue weighted by atomic mass is 16.4. The quantitative estimate of drug-likeness (QED) is 0.811. The van der Waals surface area contributed by atoms with Crippen LogP contribution in [0.25, 0.3) is 0 Å². The van der Waals surface area contributed by atoms with Gasteiger partial charge in [0.15, 0.2) is 0 Å². The number of hydrogen-bond donors (Lipinski definition) is 2. The number of carbonyl (C=O) groups excluding carboxylic acids is 1. The van der Waals surface area contributed by atoms with Crippen LogP contribution in [0.5, 0.6) is 0 Å². The van der Waals surface area contributed by atoms with E-state index in [2.05, 4.69) is 20.2 Å². The lowest BCUT2D eigenvalue weighted by molar-refractivity contribution is 0.0690. The van der Waals surface area contributed by atoms with E-state index in [9.17, 15) is 9.59 Å². The maximum absolute atomic E-state index is 12.1. The SMILES string of the molecule is CN(Cc1ncn[nH]1)C(=O)c1cccc(C(=O)O)n1. The zero-order valence-corrected chi connectivity index (χ0v) is 10.1. The number of carboxylic acids is 1. The molecule has 19 heavy (non-hydrogen) atoms. The van der Waals surface area contributed by atoms with E-state index in [4.69, 9.17) is 5.11 Å². The van der Waals surface area contributed by atoms with Crippen molar-refractivity contribution >= 4 is 11.9 Å². The third-order valence-electron chi connectivity index (χ3n) is 2.39. The van der Waals surface area contributed by atoms with Crippen LogP contribution >= 0.6 is 0 Å². The second kappa shape index (κ2) is 5.25. The first-order valence-electron chi connectivity index (χ1n) is 5.38. The predicted octanol–water partition coefficient (Wildman–Crippen LogP) is 0.170. The van der Waals surface area contributed by atoms with Crippen LogP contribution in [0.15, 0.2) is 24.5 Å². The molecule has 2 aromatic heterocycles. The molecule has 0 aliphatic heterocycles. The third-order valence-corrected chi connectivity index (χ3v) is 2.39. The number of H-pyrrole nitrogens is 1. The molecule has 2 rings (SSSR count). The normalized spacial score (nSPS) is 10.2. The lowest BCUT2D eigenvalue weighted by atomic mass is 10.2. The molecule has 0 radical (unpaired) electrons. The summed E-state index contributed by atoms with van der Waals surface area (Å²) in [5.41, 5.74) is -0.0965. The Morgan fingerprint density at radius 1 is 1.37 bits per heavy atom. The van der Waals surface area contributed by atoms with Crippen LogP contribution in [0.3, 0.4) is 0 Å². The van der Waals surface area contributed by atoms with Crippen molar-refractivity contribution in [1.82, 2.24) is 25.1 Å². The molecule has 2 aromatic rings. The summed E-state index contributed by atoms with van der Waals surface area (Å²) in [6, 6.07) is 4.27. The summed E-state index contributed by atoms with van der Waals surface area (Å²) in [7, 11) is 1.57. The number of carboxylic acid groups (broad SMARTS) is 1. The van der Waals surface area contributed by atoms with Crippen LogP contribution in [-0.2, 0) is 6.54 Å². The van der Waals surface area contributed by atoms with Crippen molar-refractivity contribution in [2.24, 2.45) is 0 Å². The Bertz CT molecular complexity index is 596. The number of pyridine rings is 1. The number of carbonyl (C=O) groups is 2. The predicted molar refractivity (Wildman–Crippen MR) is 63.4 cm³/mol. The van der Waals surface area contributed by atoms with Crippen LogP contribution < -0.4 is 0 Å². The standard InChI is InChI=1S/C11H11N5O3/c1-16(5-9-12-6-13-15-9)10(17)7-3-2-4-8(14-7)11(18)19/h2-4,6H,5H2,1H3,(H,18,19)(H,12,13,15). The Labute approximate surface area is 108 Å². The van der Waals surface area contributed by atoms with E-state index in [0.717, 1.165) is 0 Å². The van der Waals surface area contributed by atoms with Crippen molar-refractivity contribution in [3.8, 4) is 0 Å². The maximum atomic E-state index is 12.1. The minimum Gasteiger partial charge on any atom is -0.477 e. The Morgan fingerprint density at radius 2 is 2.11 bits per heavy atom. The van der Waals surface area contributed by atoms with Gasteiger partial charge in [-0.2, -0.15) is 5.10 Å². The van der Waals surface area contributed by atoms with Crippen molar-refractivity contribution < 1.29 is 14.7 Å². The van der Waals surface area contributed by atoms with Gasteiger partial charge in [0.25, 0.3) is 5.91 Å². The van der Waals surface area contributed by atoms with E-state index < -0.39 is 5.97 Å². The van der Waals surface area contributed by atoms with Gasteiger partial charge in [0.05, 0.1) is 6.54 Å². The number of hydrogen-bond acceptors (Lipinski definition) is 5. The fourth-order valence-corrected chi connectivity index (χ4v) is 1.47. The topological polar surface area (TPSA) is 112 Å². The fourth-order valence-electron chi connectivity index (χ4n) is 1.47. The van der Waals surface area contributed by atoms with Crippen molar-refractivity contribution in [3.05, 3.63) is 41.7 Å². The van der Waals surface area contributed by atoms with E-state index >= 15 is 0 Å². The first kappa shape index (κ1) is 12.7. The molecule has 0 unspecified atom stereocenters. The largest absolute Gasteiger partial charge is 0.477 e. The smallest absolute Gasteiger partial charge is 0.354 e. The van der Waals surface area contributed by atoms with E-state index in [1.54, 1.807) is 7.05 Å². The molecular formula is C11H11N5O3. The molecule has 0 aromatic carbocycles. The molecule has 0 saturated heterocycles. The van der Waals surface area contributed by atoms with Crippen molar-refractivity contribution in [2.45, 2.75) is 6.54 Å². The van der Waals surface area contributed by atoms with Crippen LogP contribution in [0.4, 0.5) is 0 Å². The Kier molecular flexibility index (Phi) is 3.51. The van der Waals surface area contributed by atoms with Crippen molar-refractivity contribution in [1.29, 1.82) is 0 Å². The lowest BCUT2D eigenvalue weighted by Gasteiger charge is -2.14. The number of amides is 1. The highest BCUT2D eigenvalue weighted by molar-refractivity contribution is 5.94. The first-order valence-corrected chi connectivity index (χ1v) is 5.38. The Hall–Kier alpha value is -2.77. The van der Waals surface area contributed by atoms with Gasteiger partial charge in [-0.1, -0.05) is 6.07 Å². The van der Waals surface area contributed by atoms with Gasteiger partial charge in [-0.25, -0.2) is 14.8 Å². The summed E-state index contributed by atoms with van der Waals surface area (Å²) in [5.74, 6) is -1.03. The number of aromatic amines is 1. The summed E-state index contributed by atoms with van der Waals surface area (Å²) < 4.78 is 0. The summed E-state index contributed by atoms with van der Waals surface area (Å²) in [6.07, 6.45) is 1.34. The monoisotopic (exact) mass is 261 g/mol. The highest BCUT2D eigenvalue weighted by Crippen LogP contribution is 2.05. The number of aromatic carboxylic acids is 1. The van der Waals surface area contributed by atoms with Gasteiger partial charge in [-0.05, 0) is 12.1 Å². The molecule has 0 aliphatic rings. The second-order valence-electron chi connectivity index (χ2n) is 3.81. The van der Waals surface area contributed by atoms with Gasteiger partial charge >= 0.3 is 5.97 Å². The maximum Gasteiger partial charge on any atom is 0.354 e. The van der Waals surface area contributed by atoms with Crippen molar-refractivity contribution in [2.75, 3.05) is 7.05 Å². The molecule has 1 amide bonds. The highest BCUT2D eigenvalue weighted by Gasteiger charge is 2.16. The van der Waals surface area contributed by atoms with E-state index in [-0.39, 0.29) is 23.8 Å². The molecule has 0 saturated carbocycles. The average Bonchev–Trinajstić information content (AvgIpc) is 2.90. The zero-order valence-electron chi connectivity index (χ0n) is 10.1. The van der Waals surface area contributed by atoms with Crippen LogP contribution in [-0.4, -0.2) is 49.1 Å². The summed E-state index contributed by atoms with van der Waals surface area (Å²) in [6.45, 7) is 0.234. The number of nitrogens with zero attached hydrogens (tertiary/aromatic N) is 4. The lowest BCUT2D eigenvalue weighted by Crippen LogP contribution is -2.28. The molecule has 2 N–H and O–H groups in total. The van der Waals surface area contributed by atoms with Gasteiger partial charge in [-0.3, -0.25) is 9.89 Å². The third kappa shape index (κ3) is 2.92. The van der Waals surface area contributed by atoms with E-state index in [1.165, 1.54) is 29.4 Å². The first-order chi connectivity index (χ1) is 9.08. The second-order valence-corrected chi connectivity index (χ2v) is 3.81. The number of nitrogens with one attached hydrogen (secondary N) is 1. The van der Waals surface area contributed by atoms with Gasteiger partial charge in [0, 0.05) is 7.05 Å². The molecule has 98 valence electrons. The molecule has 2 heterocycles. The van der Waals surface area contributed by atoms with Gasteiger partial charge in [0.2, 0.25) is 0 Å². The molecule has 8 heteroatoms. The zero-order chi connectivity index (χ0) is 13.8. The number of rotatable bonds is 4. The van der Waals surface area contributed by atoms with Crippen molar-refractivity contribution in [3.63, 3.8) is 0 Å². The molecule has 0 spiro atoms. The summed E-state index contributed by atoms with van der Waals surface area (Å²) in [5, 5.41) is 15.1. The molecule has 0 aliphatic carbocycles. The van der Waals surface area contributed by atoms with E-state index in [1.807, 2.05) is 0 Å². The minimum absolute atomic E-state index is 0.0712. The van der Waals surface area contributed by atoms with Gasteiger partial charge < -0.3 is 10.0 Å². The fraction of sp³-hybridized carbons (Fsp3) is 0.182. The van der Waals surface area contributed by atoms with Gasteiger partial charge in [-0.15, -0.1) is 0 Å². The molecule has 8 nitrogen and oxygen atoms in total. The van der Waals surface area contributed by atoms with Crippen LogP contribution in [0.1, 0.15) is 26.8 Å². The Balaban J connectivity index is 2.14. The molecule has 0 fully saturated rings. The average molecular weight is 261 g/mol. The molecular weight excluding hydrogens is 250 g/mol. The molecule has 0 atom stereocenters. The number of aromatic nitrogens is 4. The summed E-state index contributed by atoms with van der Waals surface area (Å²) >= 11 is 0. The van der Waals surface area contributed by atoms with Crippen LogP contribution in [0.2, 0.25) is 0 Å².